The molecule has 4 N–H and O–H groups in total. The molecule has 0 atom stereocenters. The fourth-order valence-electron chi connectivity index (χ4n) is 1.79. The zero-order chi connectivity index (χ0) is 14.0. The van der Waals surface area contributed by atoms with E-state index in [2.05, 4.69) is 5.32 Å². The molecule has 0 heterocycles. The maximum Gasteiger partial charge on any atom is 0.255 e. The maximum absolute atomic E-state index is 13.1. The maximum atomic E-state index is 13.1. The third kappa shape index (κ3) is 3.01. The lowest BCUT2D eigenvalue weighted by Gasteiger charge is -2.09. The molecule has 98 valence electrons. The van der Waals surface area contributed by atoms with Crippen molar-refractivity contribution in [1.82, 2.24) is 0 Å². The average Bonchev–Trinajstić information content (AvgIpc) is 2.26. The Hall–Kier alpha value is -2.56. The van der Waals surface area contributed by atoms with Crippen LogP contribution < -0.4 is 11.1 Å². The van der Waals surface area contributed by atoms with E-state index in [9.17, 15) is 14.3 Å². The van der Waals surface area contributed by atoms with Gasteiger partial charge in [0, 0.05) is 16.9 Å². The number of benzene rings is 2. The number of hydrogen-bond acceptors (Lipinski definition) is 3. The zero-order valence-electron chi connectivity index (χ0n) is 10.3. The number of nitrogens with one attached hydrogen (secondary N) is 1. The van der Waals surface area contributed by atoms with Crippen molar-refractivity contribution in [2.75, 3.05) is 11.1 Å². The van der Waals surface area contributed by atoms with Crippen LogP contribution in [-0.2, 0) is 0 Å². The number of carbonyl (C=O) groups is 1. The predicted molar refractivity (Wildman–Crippen MR) is 71.6 cm³/mol. The van der Waals surface area contributed by atoms with Crippen molar-refractivity contribution in [1.29, 1.82) is 0 Å². The highest BCUT2D eigenvalue weighted by Gasteiger charge is 2.10. The number of anilines is 2. The van der Waals surface area contributed by atoms with E-state index < -0.39 is 5.82 Å². The molecule has 0 spiro atoms. The Morgan fingerprint density at radius 3 is 2.63 bits per heavy atom. The molecule has 0 unspecified atom stereocenters. The third-order valence-corrected chi connectivity index (χ3v) is 2.63. The van der Waals surface area contributed by atoms with Gasteiger partial charge in [-0.3, -0.25) is 4.79 Å². The van der Waals surface area contributed by atoms with E-state index in [0.717, 1.165) is 0 Å². The molecular weight excluding hydrogens is 247 g/mol. The lowest BCUT2D eigenvalue weighted by molar-refractivity contribution is 0.102. The Bertz CT molecular complexity index is 621. The average molecular weight is 260 g/mol. The number of rotatable bonds is 2. The molecule has 0 aliphatic heterocycles. The molecule has 1 amide bonds. The summed E-state index contributed by atoms with van der Waals surface area (Å²) in [4.78, 5) is 12.0. The van der Waals surface area contributed by atoms with E-state index in [1.807, 2.05) is 0 Å². The highest BCUT2D eigenvalue weighted by Crippen LogP contribution is 2.19. The van der Waals surface area contributed by atoms with Gasteiger partial charge in [-0.25, -0.2) is 4.39 Å². The van der Waals surface area contributed by atoms with E-state index in [-0.39, 0.29) is 23.0 Å². The molecule has 0 aromatic heterocycles. The van der Waals surface area contributed by atoms with Crippen LogP contribution in [0.15, 0.2) is 36.4 Å². The van der Waals surface area contributed by atoms with Crippen LogP contribution in [-0.4, -0.2) is 11.0 Å². The Morgan fingerprint density at radius 2 is 2.00 bits per heavy atom. The first-order valence-corrected chi connectivity index (χ1v) is 5.63. The van der Waals surface area contributed by atoms with Gasteiger partial charge in [0.25, 0.3) is 5.91 Å². The van der Waals surface area contributed by atoms with Crippen molar-refractivity contribution in [2.45, 2.75) is 6.92 Å². The van der Waals surface area contributed by atoms with Crippen LogP contribution in [0, 0.1) is 12.7 Å². The molecule has 0 saturated carbocycles. The summed E-state index contributed by atoms with van der Waals surface area (Å²) < 4.78 is 13.1. The van der Waals surface area contributed by atoms with Gasteiger partial charge in [-0.15, -0.1) is 0 Å². The molecule has 0 fully saturated rings. The van der Waals surface area contributed by atoms with E-state index in [1.54, 1.807) is 6.92 Å². The van der Waals surface area contributed by atoms with Crippen LogP contribution >= 0.6 is 0 Å². The fourth-order valence-corrected chi connectivity index (χ4v) is 1.79. The van der Waals surface area contributed by atoms with Crippen LogP contribution in [0.5, 0.6) is 5.75 Å². The van der Waals surface area contributed by atoms with Crippen LogP contribution in [0.2, 0.25) is 0 Å². The minimum Gasteiger partial charge on any atom is -0.508 e. The molecule has 2 aromatic carbocycles. The molecule has 0 saturated heterocycles. The summed E-state index contributed by atoms with van der Waals surface area (Å²) in [6.07, 6.45) is 0. The van der Waals surface area contributed by atoms with Crippen LogP contribution in [0.25, 0.3) is 0 Å². The van der Waals surface area contributed by atoms with Crippen molar-refractivity contribution in [3.05, 3.63) is 53.3 Å². The molecule has 0 radical (unpaired) electrons. The van der Waals surface area contributed by atoms with Gasteiger partial charge in [0.2, 0.25) is 0 Å². The number of phenolic OH excluding ortho intramolecular Hbond substituents is 1. The molecule has 0 bridgehead atoms. The van der Waals surface area contributed by atoms with Gasteiger partial charge >= 0.3 is 0 Å². The summed E-state index contributed by atoms with van der Waals surface area (Å²) in [5.41, 5.74) is 7.05. The van der Waals surface area contributed by atoms with Crippen LogP contribution in [0.4, 0.5) is 15.8 Å². The summed E-state index contributed by atoms with van der Waals surface area (Å²) in [6, 6.07) is 8.22. The Morgan fingerprint density at radius 1 is 1.26 bits per heavy atom. The first-order valence-electron chi connectivity index (χ1n) is 5.63. The Labute approximate surface area is 109 Å². The SMILES string of the molecule is Cc1cc(O)ccc1C(=O)Nc1cc(N)cc(F)c1. The van der Waals surface area contributed by atoms with Crippen LogP contribution in [0.1, 0.15) is 15.9 Å². The van der Waals surface area contributed by atoms with Gasteiger partial charge < -0.3 is 16.2 Å². The van der Waals surface area contributed by atoms with E-state index in [1.165, 1.54) is 36.4 Å². The quantitative estimate of drug-likeness (QED) is 0.727. The number of aryl methyl sites for hydroxylation is 1. The first-order chi connectivity index (χ1) is 8.95. The number of phenols is 1. The highest BCUT2D eigenvalue weighted by molar-refractivity contribution is 6.05. The molecule has 2 rings (SSSR count). The summed E-state index contributed by atoms with van der Waals surface area (Å²) in [6.45, 7) is 1.70. The third-order valence-electron chi connectivity index (χ3n) is 2.63. The van der Waals surface area contributed by atoms with Crippen molar-refractivity contribution < 1.29 is 14.3 Å². The second kappa shape index (κ2) is 4.97. The molecule has 4 nitrogen and oxygen atoms in total. The molecule has 5 heteroatoms. The predicted octanol–water partition coefficient (Wildman–Crippen LogP) is 2.67. The van der Waals surface area contributed by atoms with Crippen molar-refractivity contribution in [3.8, 4) is 5.75 Å². The molecule has 0 aliphatic rings. The second-order valence-electron chi connectivity index (χ2n) is 4.23. The minimum atomic E-state index is -0.516. The molecule has 19 heavy (non-hydrogen) atoms. The van der Waals surface area contributed by atoms with Gasteiger partial charge in [0.05, 0.1) is 0 Å². The number of nitrogens with two attached hydrogens (primary N) is 1. The number of amides is 1. The molecular formula is C14H13FN2O2. The zero-order valence-corrected chi connectivity index (χ0v) is 10.3. The van der Waals surface area contributed by atoms with Gasteiger partial charge in [-0.05, 0) is 48.9 Å². The number of halogens is 1. The van der Waals surface area contributed by atoms with Crippen molar-refractivity contribution in [3.63, 3.8) is 0 Å². The summed E-state index contributed by atoms with van der Waals surface area (Å²) in [5.74, 6) is -0.815. The smallest absolute Gasteiger partial charge is 0.255 e. The van der Waals surface area contributed by atoms with Crippen molar-refractivity contribution in [2.24, 2.45) is 0 Å². The topological polar surface area (TPSA) is 75.3 Å². The number of aromatic hydroxyl groups is 1. The largest absolute Gasteiger partial charge is 0.508 e. The molecule has 2 aromatic rings. The lowest BCUT2D eigenvalue weighted by atomic mass is 10.1. The van der Waals surface area contributed by atoms with Gasteiger partial charge in [-0.1, -0.05) is 0 Å². The Balaban J connectivity index is 2.25. The second-order valence-corrected chi connectivity index (χ2v) is 4.23. The number of hydrogen-bond donors (Lipinski definition) is 3. The normalized spacial score (nSPS) is 10.2. The van der Waals surface area contributed by atoms with Crippen LogP contribution in [0.3, 0.4) is 0 Å². The van der Waals surface area contributed by atoms with E-state index in [4.69, 9.17) is 5.73 Å². The standard InChI is InChI=1S/C14H13FN2O2/c1-8-4-12(18)2-3-13(8)14(19)17-11-6-9(15)5-10(16)7-11/h2-7,18H,16H2,1H3,(H,17,19). The monoisotopic (exact) mass is 260 g/mol. The minimum absolute atomic E-state index is 0.0871. The molecule has 0 aliphatic carbocycles. The summed E-state index contributed by atoms with van der Waals surface area (Å²) in [5, 5.41) is 11.8. The number of nitrogen functional groups attached to an aromatic ring is 1. The summed E-state index contributed by atoms with van der Waals surface area (Å²) in [7, 11) is 0. The Kier molecular flexibility index (Phi) is 3.37. The van der Waals surface area contributed by atoms with E-state index in [0.29, 0.717) is 11.1 Å². The first kappa shape index (κ1) is 12.9. The lowest BCUT2D eigenvalue weighted by Crippen LogP contribution is -2.13. The summed E-state index contributed by atoms with van der Waals surface area (Å²) >= 11 is 0. The van der Waals surface area contributed by atoms with Gasteiger partial charge in [0.1, 0.15) is 11.6 Å². The van der Waals surface area contributed by atoms with Gasteiger partial charge in [-0.2, -0.15) is 0 Å². The number of carbonyl (C=O) groups excluding carboxylic acids is 1. The van der Waals surface area contributed by atoms with Gasteiger partial charge in [0.15, 0.2) is 0 Å². The highest BCUT2D eigenvalue weighted by atomic mass is 19.1. The fraction of sp³-hybridized carbons (Fsp3) is 0.0714. The van der Waals surface area contributed by atoms with Crippen molar-refractivity contribution >= 4 is 17.3 Å². The van der Waals surface area contributed by atoms with E-state index >= 15 is 0 Å².